The van der Waals surface area contributed by atoms with Crippen LogP contribution in [0.1, 0.15) is 42.5 Å². The average molecular weight is 409 g/mol. The molecule has 5 heteroatoms. The van der Waals surface area contributed by atoms with E-state index in [9.17, 15) is 5.11 Å². The van der Waals surface area contributed by atoms with Gasteiger partial charge in [-0.25, -0.2) is 0 Å². The molecular formula is C25H32N2O3. The van der Waals surface area contributed by atoms with Crippen molar-refractivity contribution < 1.29 is 14.6 Å². The predicted molar refractivity (Wildman–Crippen MR) is 115 cm³/mol. The lowest BCUT2D eigenvalue weighted by atomic mass is 9.85. The molecule has 1 saturated carbocycles. The molecule has 0 spiro atoms. The lowest BCUT2D eigenvalue weighted by Crippen LogP contribution is -2.35. The van der Waals surface area contributed by atoms with Gasteiger partial charge in [0, 0.05) is 38.4 Å². The molecule has 4 atom stereocenters. The van der Waals surface area contributed by atoms with Gasteiger partial charge in [0.1, 0.15) is 18.0 Å². The van der Waals surface area contributed by atoms with E-state index in [-0.39, 0.29) is 12.0 Å². The first-order chi connectivity index (χ1) is 14.6. The van der Waals surface area contributed by atoms with Crippen LogP contribution in [-0.2, 0) is 16.9 Å². The number of hydrogen-bond donors (Lipinski definition) is 1. The zero-order valence-electron chi connectivity index (χ0n) is 17.8. The quantitative estimate of drug-likeness (QED) is 0.790. The highest BCUT2D eigenvalue weighted by Gasteiger charge is 2.53. The molecule has 0 radical (unpaired) electrons. The molecule has 3 fully saturated rings. The Bertz CT molecular complexity index is 865. The van der Waals surface area contributed by atoms with Crippen LogP contribution in [0.4, 0.5) is 0 Å². The van der Waals surface area contributed by atoms with Crippen LogP contribution in [0.15, 0.2) is 42.6 Å². The molecule has 2 aromatic rings. The summed E-state index contributed by atoms with van der Waals surface area (Å²) in [6.45, 7) is 6.37. The van der Waals surface area contributed by atoms with Crippen molar-refractivity contribution in [2.24, 2.45) is 11.8 Å². The normalized spacial score (nSPS) is 31.2. The summed E-state index contributed by atoms with van der Waals surface area (Å²) in [5, 5.41) is 11.5. The van der Waals surface area contributed by atoms with Crippen LogP contribution in [0.2, 0.25) is 0 Å². The fraction of sp³-hybridized carbons (Fsp3) is 0.560. The van der Waals surface area contributed by atoms with Gasteiger partial charge < -0.3 is 14.6 Å². The van der Waals surface area contributed by atoms with E-state index in [4.69, 9.17) is 9.47 Å². The number of aliphatic hydroxyl groups is 1. The first-order valence-corrected chi connectivity index (χ1v) is 11.3. The van der Waals surface area contributed by atoms with E-state index in [1.165, 1.54) is 5.56 Å². The summed E-state index contributed by atoms with van der Waals surface area (Å²) in [5.74, 6) is 1.71. The van der Waals surface area contributed by atoms with Crippen molar-refractivity contribution in [3.05, 3.63) is 59.4 Å². The molecule has 2 aliphatic heterocycles. The van der Waals surface area contributed by atoms with Gasteiger partial charge >= 0.3 is 0 Å². The first-order valence-electron chi connectivity index (χ1n) is 11.3. The van der Waals surface area contributed by atoms with Gasteiger partial charge in [-0.15, -0.1) is 0 Å². The molecule has 3 aliphatic rings. The topological polar surface area (TPSA) is 54.8 Å². The van der Waals surface area contributed by atoms with Crippen molar-refractivity contribution in [1.82, 2.24) is 9.88 Å². The number of fused-ring (bicyclic) bond motifs is 1. The van der Waals surface area contributed by atoms with Crippen LogP contribution < -0.4 is 4.74 Å². The molecule has 3 heterocycles. The minimum atomic E-state index is -0.792. The van der Waals surface area contributed by atoms with Gasteiger partial charge in [0.05, 0.1) is 11.8 Å². The number of nitrogens with zero attached hydrogens (tertiary/aromatic N) is 2. The molecular weight excluding hydrogens is 376 g/mol. The first kappa shape index (κ1) is 20.0. The Morgan fingerprint density at radius 1 is 1.23 bits per heavy atom. The van der Waals surface area contributed by atoms with Crippen molar-refractivity contribution in [3.8, 4) is 5.75 Å². The van der Waals surface area contributed by atoms with Gasteiger partial charge in [0.25, 0.3) is 0 Å². The Morgan fingerprint density at radius 2 is 2.17 bits per heavy atom. The highest BCUT2D eigenvalue weighted by atomic mass is 16.5. The van der Waals surface area contributed by atoms with E-state index in [1.807, 2.05) is 25.3 Å². The summed E-state index contributed by atoms with van der Waals surface area (Å²) < 4.78 is 11.6. The maximum atomic E-state index is 11.5. The third-order valence-corrected chi connectivity index (χ3v) is 7.15. The van der Waals surface area contributed by atoms with Crippen molar-refractivity contribution in [1.29, 1.82) is 0 Å². The second-order valence-electron chi connectivity index (χ2n) is 9.34. The van der Waals surface area contributed by atoms with Crippen LogP contribution >= 0.6 is 0 Å². The summed E-state index contributed by atoms with van der Waals surface area (Å²) in [5.41, 5.74) is 2.44. The van der Waals surface area contributed by atoms with Crippen LogP contribution in [0, 0.1) is 18.8 Å². The molecule has 5 rings (SSSR count). The van der Waals surface area contributed by atoms with Crippen LogP contribution in [0.3, 0.4) is 0 Å². The van der Waals surface area contributed by atoms with Gasteiger partial charge in [0.15, 0.2) is 0 Å². The summed E-state index contributed by atoms with van der Waals surface area (Å²) >= 11 is 0. The second kappa shape index (κ2) is 8.29. The number of rotatable bonds is 6. The highest BCUT2D eigenvalue weighted by molar-refractivity contribution is 5.29. The van der Waals surface area contributed by atoms with E-state index in [0.29, 0.717) is 12.5 Å². The lowest BCUT2D eigenvalue weighted by molar-refractivity contribution is -0.0108. The summed E-state index contributed by atoms with van der Waals surface area (Å²) in [6, 6.07) is 12.5. The molecule has 1 aromatic heterocycles. The van der Waals surface area contributed by atoms with Crippen molar-refractivity contribution >= 4 is 0 Å². The lowest BCUT2D eigenvalue weighted by Gasteiger charge is -2.30. The van der Waals surface area contributed by atoms with Crippen LogP contribution in [0.25, 0.3) is 0 Å². The average Bonchev–Trinajstić information content (AvgIpc) is 3.47. The largest absolute Gasteiger partial charge is 0.491 e. The maximum absolute atomic E-state index is 11.5. The molecule has 2 saturated heterocycles. The Kier molecular flexibility index (Phi) is 5.52. The van der Waals surface area contributed by atoms with Gasteiger partial charge in [-0.1, -0.05) is 18.2 Å². The van der Waals surface area contributed by atoms with E-state index in [1.54, 1.807) is 0 Å². The van der Waals surface area contributed by atoms with Crippen LogP contribution in [-0.4, -0.2) is 47.4 Å². The third-order valence-electron chi connectivity index (χ3n) is 7.15. The Morgan fingerprint density at radius 3 is 2.97 bits per heavy atom. The number of hydrogen-bond acceptors (Lipinski definition) is 5. The third kappa shape index (κ3) is 3.98. The smallest absolute Gasteiger partial charge is 0.119 e. The SMILES string of the molecule is Cc1ccc([C@@]2(O)CC[C@@H]3CN(Cc4cccc(OC[C@H]5CCCO5)c4)C[C@@H]32)nc1. The van der Waals surface area contributed by atoms with Gasteiger partial charge in [0.2, 0.25) is 0 Å². The van der Waals surface area contributed by atoms with Crippen LogP contribution in [0.5, 0.6) is 5.75 Å². The van der Waals surface area contributed by atoms with Gasteiger partial charge in [-0.3, -0.25) is 9.88 Å². The van der Waals surface area contributed by atoms with E-state index in [2.05, 4.69) is 34.1 Å². The summed E-state index contributed by atoms with van der Waals surface area (Å²) in [4.78, 5) is 7.05. The zero-order chi connectivity index (χ0) is 20.6. The number of pyridine rings is 1. The minimum Gasteiger partial charge on any atom is -0.491 e. The molecule has 1 aromatic carbocycles. The predicted octanol–water partition coefficient (Wildman–Crippen LogP) is 3.68. The maximum Gasteiger partial charge on any atom is 0.119 e. The van der Waals surface area contributed by atoms with Crippen molar-refractivity contribution in [2.75, 3.05) is 26.3 Å². The van der Waals surface area contributed by atoms with E-state index < -0.39 is 5.60 Å². The summed E-state index contributed by atoms with van der Waals surface area (Å²) in [7, 11) is 0. The van der Waals surface area contributed by atoms with Gasteiger partial charge in [-0.2, -0.15) is 0 Å². The van der Waals surface area contributed by atoms with E-state index >= 15 is 0 Å². The molecule has 1 N–H and O–H groups in total. The number of benzene rings is 1. The Labute approximate surface area is 179 Å². The number of aryl methyl sites for hydroxylation is 1. The fourth-order valence-corrected chi connectivity index (χ4v) is 5.51. The fourth-order valence-electron chi connectivity index (χ4n) is 5.51. The Balaban J connectivity index is 1.22. The number of likely N-dealkylation sites (tertiary alicyclic amines) is 1. The molecule has 160 valence electrons. The molecule has 0 amide bonds. The molecule has 5 nitrogen and oxygen atoms in total. The molecule has 0 unspecified atom stereocenters. The summed E-state index contributed by atoms with van der Waals surface area (Å²) in [6.07, 6.45) is 6.22. The van der Waals surface area contributed by atoms with E-state index in [0.717, 1.165) is 68.9 Å². The molecule has 30 heavy (non-hydrogen) atoms. The van der Waals surface area contributed by atoms with Gasteiger partial charge in [-0.05, 0) is 67.9 Å². The number of aromatic nitrogens is 1. The standard InChI is InChI=1S/C25H32N2O3/c1-18-7-8-24(26-13-18)25(28)10-9-20-15-27(16-23(20)25)14-19-4-2-5-21(12-19)30-17-22-6-3-11-29-22/h2,4-5,7-8,12-13,20,22-23,28H,3,6,9-11,14-17H2,1H3/t20-,22-,23+,25-/m1/s1. The second-order valence-corrected chi connectivity index (χ2v) is 9.34. The van der Waals surface area contributed by atoms with Crippen molar-refractivity contribution in [3.63, 3.8) is 0 Å². The number of ether oxygens (including phenoxy) is 2. The molecule has 1 aliphatic carbocycles. The Hall–Kier alpha value is -1.95. The zero-order valence-corrected chi connectivity index (χ0v) is 17.8. The molecule has 0 bridgehead atoms. The monoisotopic (exact) mass is 408 g/mol. The highest BCUT2D eigenvalue weighted by Crippen LogP contribution is 2.50. The van der Waals surface area contributed by atoms with Crippen molar-refractivity contribution in [2.45, 2.75) is 50.9 Å². The minimum absolute atomic E-state index is 0.236.